The summed E-state index contributed by atoms with van der Waals surface area (Å²) < 4.78 is 5.42. The van der Waals surface area contributed by atoms with Crippen molar-refractivity contribution < 1.29 is 9.84 Å². The van der Waals surface area contributed by atoms with Crippen LogP contribution in [0.5, 0.6) is 0 Å². The first-order chi connectivity index (χ1) is 4.61. The average Bonchev–Trinajstić information content (AvgIpc) is 1.82. The van der Waals surface area contributed by atoms with Crippen LogP contribution in [0.2, 0.25) is 0 Å². The lowest BCUT2D eigenvalue weighted by Crippen LogP contribution is -2.41. The zero-order valence-electron chi connectivity index (χ0n) is 6.87. The van der Waals surface area contributed by atoms with Gasteiger partial charge in [-0.15, -0.1) is 0 Å². The Morgan fingerprint density at radius 1 is 1.30 bits per heavy atom. The van der Waals surface area contributed by atoms with Crippen molar-refractivity contribution in [2.45, 2.75) is 45.5 Å². The van der Waals surface area contributed by atoms with E-state index in [1.54, 1.807) is 0 Å². The molecule has 10 heavy (non-hydrogen) atoms. The highest BCUT2D eigenvalue weighted by molar-refractivity contribution is 4.78. The van der Waals surface area contributed by atoms with Crippen LogP contribution < -0.4 is 0 Å². The van der Waals surface area contributed by atoms with Crippen molar-refractivity contribution in [1.82, 2.24) is 0 Å². The van der Waals surface area contributed by atoms with Gasteiger partial charge in [-0.25, -0.2) is 0 Å². The molecule has 2 heteroatoms. The Kier molecular flexibility index (Phi) is 2.32. The summed E-state index contributed by atoms with van der Waals surface area (Å²) in [5.41, 5.74) is 0. The second-order valence-corrected chi connectivity index (χ2v) is 3.36. The van der Waals surface area contributed by atoms with Gasteiger partial charge < -0.3 is 9.84 Å². The standard InChI is InChI=1S/C8H16O2/c1-5-4-6(2)10-7(3)8(5)9/h5-9H,4H2,1-3H3/t5-,6+,7-,8+/m0/s1. The Bertz CT molecular complexity index is 102. The van der Waals surface area contributed by atoms with Crippen LogP contribution in [0.1, 0.15) is 27.2 Å². The number of hydrogen-bond donors (Lipinski definition) is 1. The van der Waals surface area contributed by atoms with E-state index in [1.807, 2.05) is 6.92 Å². The van der Waals surface area contributed by atoms with Crippen molar-refractivity contribution in [2.75, 3.05) is 0 Å². The molecule has 1 rings (SSSR count). The van der Waals surface area contributed by atoms with E-state index < -0.39 is 0 Å². The van der Waals surface area contributed by atoms with E-state index in [0.29, 0.717) is 12.0 Å². The van der Waals surface area contributed by atoms with Crippen molar-refractivity contribution in [2.24, 2.45) is 5.92 Å². The molecule has 0 radical (unpaired) electrons. The fraction of sp³-hybridized carbons (Fsp3) is 1.00. The van der Waals surface area contributed by atoms with Gasteiger partial charge in [-0.3, -0.25) is 0 Å². The number of hydrogen-bond acceptors (Lipinski definition) is 2. The minimum Gasteiger partial charge on any atom is -0.390 e. The highest BCUT2D eigenvalue weighted by Gasteiger charge is 2.29. The van der Waals surface area contributed by atoms with Crippen molar-refractivity contribution in [3.8, 4) is 0 Å². The van der Waals surface area contributed by atoms with Crippen LogP contribution in [0.3, 0.4) is 0 Å². The largest absolute Gasteiger partial charge is 0.390 e. The molecular formula is C8H16O2. The van der Waals surface area contributed by atoms with E-state index in [9.17, 15) is 5.11 Å². The van der Waals surface area contributed by atoms with Gasteiger partial charge >= 0.3 is 0 Å². The molecule has 1 aliphatic heterocycles. The van der Waals surface area contributed by atoms with Gasteiger partial charge in [-0.05, 0) is 26.2 Å². The summed E-state index contributed by atoms with van der Waals surface area (Å²) >= 11 is 0. The van der Waals surface area contributed by atoms with E-state index in [2.05, 4.69) is 13.8 Å². The van der Waals surface area contributed by atoms with E-state index in [4.69, 9.17) is 4.74 Å². The number of aliphatic hydroxyl groups excluding tert-OH is 1. The normalized spacial score (nSPS) is 49.2. The first-order valence-corrected chi connectivity index (χ1v) is 3.94. The molecule has 0 bridgehead atoms. The molecule has 0 unspecified atom stereocenters. The van der Waals surface area contributed by atoms with Crippen molar-refractivity contribution in [1.29, 1.82) is 0 Å². The van der Waals surface area contributed by atoms with E-state index >= 15 is 0 Å². The minimum atomic E-state index is -0.267. The number of aliphatic hydroxyl groups is 1. The molecule has 1 saturated heterocycles. The molecule has 60 valence electrons. The second kappa shape index (κ2) is 2.89. The van der Waals surface area contributed by atoms with Gasteiger partial charge in [0.2, 0.25) is 0 Å². The molecule has 1 aliphatic rings. The molecule has 0 aromatic rings. The molecule has 4 atom stereocenters. The van der Waals surface area contributed by atoms with Crippen molar-refractivity contribution >= 4 is 0 Å². The van der Waals surface area contributed by atoms with Crippen molar-refractivity contribution in [3.05, 3.63) is 0 Å². The predicted molar refractivity (Wildman–Crippen MR) is 39.8 cm³/mol. The van der Waals surface area contributed by atoms with Gasteiger partial charge in [-0.2, -0.15) is 0 Å². The Hall–Kier alpha value is -0.0800. The van der Waals surface area contributed by atoms with Gasteiger partial charge in [0.1, 0.15) is 0 Å². The van der Waals surface area contributed by atoms with Gasteiger partial charge in [0.15, 0.2) is 0 Å². The molecule has 1 heterocycles. The fourth-order valence-electron chi connectivity index (χ4n) is 1.63. The Morgan fingerprint density at radius 3 is 2.40 bits per heavy atom. The molecular weight excluding hydrogens is 128 g/mol. The molecule has 0 spiro atoms. The molecule has 0 saturated carbocycles. The zero-order chi connectivity index (χ0) is 7.72. The van der Waals surface area contributed by atoms with Crippen molar-refractivity contribution in [3.63, 3.8) is 0 Å². The minimum absolute atomic E-state index is 0.0127. The summed E-state index contributed by atoms with van der Waals surface area (Å²) in [6.45, 7) is 6.05. The quantitative estimate of drug-likeness (QED) is 0.553. The zero-order valence-corrected chi connectivity index (χ0v) is 6.87. The van der Waals surface area contributed by atoms with E-state index in [1.165, 1.54) is 0 Å². The van der Waals surface area contributed by atoms with Gasteiger partial charge in [-0.1, -0.05) is 6.92 Å². The van der Waals surface area contributed by atoms with Gasteiger partial charge in [0.05, 0.1) is 18.3 Å². The van der Waals surface area contributed by atoms with E-state index in [-0.39, 0.29) is 12.2 Å². The SMILES string of the molecule is C[C@@H]1C[C@H](C)[C@@H](O)[C@H](C)O1. The first kappa shape index (κ1) is 8.02. The summed E-state index contributed by atoms with van der Waals surface area (Å²) in [5, 5.41) is 9.44. The lowest BCUT2D eigenvalue weighted by molar-refractivity contribution is -0.126. The lowest BCUT2D eigenvalue weighted by atomic mass is 9.92. The van der Waals surface area contributed by atoms with Crippen LogP contribution in [-0.4, -0.2) is 23.4 Å². The Balaban J connectivity index is 2.49. The van der Waals surface area contributed by atoms with E-state index in [0.717, 1.165) is 6.42 Å². The van der Waals surface area contributed by atoms with Crippen LogP contribution in [-0.2, 0) is 4.74 Å². The van der Waals surface area contributed by atoms with Crippen LogP contribution in [0.25, 0.3) is 0 Å². The van der Waals surface area contributed by atoms with Crippen LogP contribution in [0.15, 0.2) is 0 Å². The summed E-state index contributed by atoms with van der Waals surface area (Å²) in [4.78, 5) is 0. The Labute approximate surface area is 62.2 Å². The van der Waals surface area contributed by atoms with Gasteiger partial charge in [0, 0.05) is 0 Å². The third kappa shape index (κ3) is 1.50. The number of ether oxygens (including phenoxy) is 1. The second-order valence-electron chi connectivity index (χ2n) is 3.36. The van der Waals surface area contributed by atoms with Crippen LogP contribution in [0, 0.1) is 5.92 Å². The maximum atomic E-state index is 9.44. The predicted octanol–water partition coefficient (Wildman–Crippen LogP) is 1.18. The summed E-state index contributed by atoms with van der Waals surface area (Å²) in [6, 6.07) is 0. The average molecular weight is 144 g/mol. The summed E-state index contributed by atoms with van der Waals surface area (Å²) in [5.74, 6) is 0.388. The summed E-state index contributed by atoms with van der Waals surface area (Å²) in [6.07, 6.45) is 1.04. The smallest absolute Gasteiger partial charge is 0.0825 e. The molecule has 1 N–H and O–H groups in total. The van der Waals surface area contributed by atoms with Gasteiger partial charge in [0.25, 0.3) is 0 Å². The third-order valence-electron chi connectivity index (χ3n) is 2.21. The topological polar surface area (TPSA) is 29.5 Å². The molecule has 0 aromatic heterocycles. The molecule has 1 fully saturated rings. The maximum absolute atomic E-state index is 9.44. The highest BCUT2D eigenvalue weighted by Crippen LogP contribution is 2.24. The molecule has 0 amide bonds. The monoisotopic (exact) mass is 144 g/mol. The maximum Gasteiger partial charge on any atom is 0.0825 e. The summed E-state index contributed by atoms with van der Waals surface area (Å²) in [7, 11) is 0. The third-order valence-corrected chi connectivity index (χ3v) is 2.21. The fourth-order valence-corrected chi connectivity index (χ4v) is 1.63. The molecule has 0 aliphatic carbocycles. The van der Waals surface area contributed by atoms with Crippen LogP contribution in [0.4, 0.5) is 0 Å². The Morgan fingerprint density at radius 2 is 1.90 bits per heavy atom. The molecule has 0 aromatic carbocycles. The molecule has 2 nitrogen and oxygen atoms in total. The van der Waals surface area contributed by atoms with Crippen LogP contribution >= 0.6 is 0 Å². The number of rotatable bonds is 0. The first-order valence-electron chi connectivity index (χ1n) is 3.94. The highest BCUT2D eigenvalue weighted by atomic mass is 16.5. The lowest BCUT2D eigenvalue weighted by Gasteiger charge is -2.34.